The molecule has 0 bridgehead atoms. The number of hydrogen-bond donors (Lipinski definition) is 6. The molecule has 16 nitrogen and oxygen atoms in total. The first kappa shape index (κ1) is 49.4. The second kappa shape index (κ2) is 20.5. The van der Waals surface area contributed by atoms with Crippen molar-refractivity contribution in [1.29, 1.82) is 0 Å². The molecule has 54 heavy (non-hydrogen) atoms. The molecule has 3 aliphatic heterocycles. The van der Waals surface area contributed by atoms with Gasteiger partial charge in [0.15, 0.2) is 0 Å². The van der Waals surface area contributed by atoms with Gasteiger partial charge in [-0.2, -0.15) is 0 Å². The lowest BCUT2D eigenvalue weighted by Gasteiger charge is -2.32. The number of likely N-dealkylation sites (tertiary alicyclic amines) is 1. The molecular weight excluding hydrogens is 702 g/mol. The SMILES string of the molecule is C.COC(=O)[C@@H]1C(CCCB2OC(C)(C)C(C)(C)O2)C(CNC(=O)OC(C)(C)C)CN1C(=O)OC(C)(C)C.NCC1CN[C@H](C(=O)O)C1CCCB(O)O. The van der Waals surface area contributed by atoms with Gasteiger partial charge in [0.05, 0.1) is 18.3 Å². The number of carboxylic acids is 1. The maximum absolute atomic E-state index is 13.1. The number of carbonyl (C=O) groups is 4. The molecule has 0 aromatic rings. The zero-order valence-electron chi connectivity index (χ0n) is 33.7. The molecule has 0 saturated carbocycles. The number of methoxy groups -OCH3 is 1. The number of hydrogen-bond acceptors (Lipinski definition) is 13. The van der Waals surface area contributed by atoms with Crippen LogP contribution in [-0.2, 0) is 33.1 Å². The number of nitrogens with two attached hydrogens (primary N) is 1. The van der Waals surface area contributed by atoms with Gasteiger partial charge in [-0.1, -0.05) is 20.3 Å². The first-order valence-corrected chi connectivity index (χ1v) is 18.7. The number of nitrogens with zero attached hydrogens (tertiary/aromatic N) is 1. The lowest BCUT2D eigenvalue weighted by Crippen LogP contribution is -2.46. The minimum Gasteiger partial charge on any atom is -0.480 e. The van der Waals surface area contributed by atoms with Gasteiger partial charge in [0.1, 0.15) is 23.3 Å². The molecule has 0 aromatic carbocycles. The van der Waals surface area contributed by atoms with E-state index in [2.05, 4.69) is 10.6 Å². The van der Waals surface area contributed by atoms with E-state index in [0.717, 1.165) is 0 Å². The Labute approximate surface area is 323 Å². The Hall–Kier alpha value is -2.63. The van der Waals surface area contributed by atoms with Crippen LogP contribution in [0.1, 0.15) is 102 Å². The summed E-state index contributed by atoms with van der Waals surface area (Å²) in [5, 5.41) is 32.2. The number of amides is 2. The second-order valence-corrected chi connectivity index (χ2v) is 17.3. The Morgan fingerprint density at radius 2 is 1.50 bits per heavy atom. The number of nitrogens with one attached hydrogen (secondary N) is 2. The smallest absolute Gasteiger partial charge is 0.457 e. The molecule has 18 heteroatoms. The maximum Gasteiger partial charge on any atom is 0.457 e. The summed E-state index contributed by atoms with van der Waals surface area (Å²) in [6.07, 6.45) is 2.33. The average molecular weight is 773 g/mol. The molecule has 3 saturated heterocycles. The summed E-state index contributed by atoms with van der Waals surface area (Å²) in [7, 11) is -0.360. The Morgan fingerprint density at radius 3 is 1.98 bits per heavy atom. The van der Waals surface area contributed by atoms with Crippen LogP contribution in [0.2, 0.25) is 12.6 Å². The van der Waals surface area contributed by atoms with E-state index in [9.17, 15) is 19.2 Å². The summed E-state index contributed by atoms with van der Waals surface area (Å²) < 4.78 is 28.3. The van der Waals surface area contributed by atoms with Crippen molar-refractivity contribution in [2.45, 2.75) is 149 Å². The number of rotatable bonds is 13. The lowest BCUT2D eigenvalue weighted by atomic mass is 9.78. The number of ether oxygens (including phenoxy) is 3. The van der Waals surface area contributed by atoms with Crippen molar-refractivity contribution in [3.63, 3.8) is 0 Å². The van der Waals surface area contributed by atoms with E-state index < -0.39 is 65.7 Å². The third-order valence-electron chi connectivity index (χ3n) is 10.2. The molecule has 0 aromatic heterocycles. The van der Waals surface area contributed by atoms with Gasteiger partial charge in [0.25, 0.3) is 0 Å². The van der Waals surface area contributed by atoms with E-state index in [1.54, 1.807) is 41.5 Å². The van der Waals surface area contributed by atoms with Crippen molar-refractivity contribution < 1.29 is 57.9 Å². The maximum atomic E-state index is 13.1. The van der Waals surface area contributed by atoms with E-state index in [0.29, 0.717) is 45.1 Å². The molecule has 6 atom stereocenters. The van der Waals surface area contributed by atoms with Crippen molar-refractivity contribution in [1.82, 2.24) is 15.5 Å². The summed E-state index contributed by atoms with van der Waals surface area (Å²) in [5.41, 5.74) is 3.37. The van der Waals surface area contributed by atoms with Crippen LogP contribution in [0.3, 0.4) is 0 Å². The van der Waals surface area contributed by atoms with E-state index >= 15 is 0 Å². The molecule has 0 spiro atoms. The van der Waals surface area contributed by atoms with Crippen LogP contribution in [-0.4, -0.2) is 126 Å². The van der Waals surface area contributed by atoms with Gasteiger partial charge in [0, 0.05) is 19.6 Å². The number of alkyl carbamates (subject to hydrolysis) is 1. The monoisotopic (exact) mass is 773 g/mol. The highest BCUT2D eigenvalue weighted by molar-refractivity contribution is 6.45. The zero-order chi connectivity index (χ0) is 40.5. The topological polar surface area (TPSA) is 228 Å². The molecule has 3 heterocycles. The highest BCUT2D eigenvalue weighted by Crippen LogP contribution is 2.40. The normalized spacial score (nSPS) is 25.9. The summed E-state index contributed by atoms with van der Waals surface area (Å²) in [6, 6.07) is -1.38. The zero-order valence-corrected chi connectivity index (χ0v) is 33.7. The molecule has 3 aliphatic rings. The van der Waals surface area contributed by atoms with Gasteiger partial charge in [-0.25, -0.2) is 14.4 Å². The summed E-state index contributed by atoms with van der Waals surface area (Å²) in [4.78, 5) is 50.8. The highest BCUT2D eigenvalue weighted by atomic mass is 16.7. The third-order valence-corrected chi connectivity index (χ3v) is 10.2. The number of carbonyl (C=O) groups excluding carboxylic acids is 3. The molecule has 2 amide bonds. The molecule has 0 radical (unpaired) electrons. The quantitative estimate of drug-likeness (QED) is 0.0895. The number of esters is 1. The van der Waals surface area contributed by atoms with Crippen LogP contribution in [0.25, 0.3) is 0 Å². The van der Waals surface area contributed by atoms with Crippen LogP contribution >= 0.6 is 0 Å². The van der Waals surface area contributed by atoms with E-state index in [1.165, 1.54) is 12.0 Å². The Morgan fingerprint density at radius 1 is 0.944 bits per heavy atom. The minimum absolute atomic E-state index is 0. The molecule has 0 aliphatic carbocycles. The van der Waals surface area contributed by atoms with Crippen molar-refractivity contribution in [3.8, 4) is 0 Å². The van der Waals surface area contributed by atoms with Crippen molar-refractivity contribution in [2.24, 2.45) is 29.4 Å². The summed E-state index contributed by atoms with van der Waals surface area (Å²) >= 11 is 0. The van der Waals surface area contributed by atoms with Gasteiger partial charge in [0.2, 0.25) is 0 Å². The predicted molar refractivity (Wildman–Crippen MR) is 207 cm³/mol. The Bertz CT molecular complexity index is 1210. The first-order valence-electron chi connectivity index (χ1n) is 18.7. The first-order chi connectivity index (χ1) is 24.3. The Kier molecular flexibility index (Phi) is 18.8. The van der Waals surface area contributed by atoms with Crippen LogP contribution in [0.15, 0.2) is 0 Å². The fourth-order valence-corrected chi connectivity index (χ4v) is 6.98. The second-order valence-electron chi connectivity index (χ2n) is 17.3. The van der Waals surface area contributed by atoms with E-state index in [-0.39, 0.29) is 57.6 Å². The van der Waals surface area contributed by atoms with Crippen LogP contribution < -0.4 is 16.4 Å². The Balaban J connectivity index is 0.000000717. The summed E-state index contributed by atoms with van der Waals surface area (Å²) in [5.74, 6) is -1.69. The van der Waals surface area contributed by atoms with E-state index in [4.69, 9.17) is 44.4 Å². The van der Waals surface area contributed by atoms with Gasteiger partial charge in [-0.15, -0.1) is 0 Å². The molecule has 3 fully saturated rings. The standard InChI is InChI=1S/C26H47BN2O8.C9H19BN2O4.CH4/c1-23(2,3)34-21(31)28-15-17-16-29(22(32)35-24(4,5)6)19(20(30)33-11)18(17)13-12-14-27-36-25(7,8)26(9,10)37-27;11-4-6-5-12-8(9(13)14)7(6)2-1-3-10(15)16;/h17-19H,12-16H2,1-11H3,(H,28,31);6-8,12,15-16H,1-5,11H2,(H,13,14);1H4/t17?,18?,19-;6?,7?,8-;/m00./s1. The van der Waals surface area contributed by atoms with Crippen LogP contribution in [0.5, 0.6) is 0 Å². The van der Waals surface area contributed by atoms with Crippen LogP contribution in [0.4, 0.5) is 9.59 Å². The molecular formula is C36H70B2N4O12. The van der Waals surface area contributed by atoms with Gasteiger partial charge in [-0.3, -0.25) is 9.69 Å². The fraction of sp³-hybridized carbons (Fsp3) is 0.889. The largest absolute Gasteiger partial charge is 0.480 e. The van der Waals surface area contributed by atoms with Crippen molar-refractivity contribution in [3.05, 3.63) is 0 Å². The van der Waals surface area contributed by atoms with Gasteiger partial charge < -0.3 is 55.0 Å². The van der Waals surface area contributed by atoms with E-state index in [1.807, 2.05) is 27.7 Å². The number of carboxylic acid groups (broad SMARTS) is 1. The van der Waals surface area contributed by atoms with Crippen LogP contribution in [0, 0.1) is 23.7 Å². The summed E-state index contributed by atoms with van der Waals surface area (Å²) in [6.45, 7) is 20.3. The molecule has 312 valence electrons. The van der Waals surface area contributed by atoms with Crippen molar-refractivity contribution in [2.75, 3.05) is 33.3 Å². The average Bonchev–Trinajstić information content (AvgIpc) is 3.64. The molecule has 4 unspecified atom stereocenters. The third kappa shape index (κ3) is 14.8. The lowest BCUT2D eigenvalue weighted by molar-refractivity contribution is -0.147. The van der Waals surface area contributed by atoms with Crippen molar-refractivity contribution >= 4 is 38.4 Å². The van der Waals surface area contributed by atoms with Gasteiger partial charge >= 0.3 is 38.4 Å². The van der Waals surface area contributed by atoms with Gasteiger partial charge in [-0.05, 0) is 125 Å². The number of aliphatic carboxylic acids is 1. The fourth-order valence-electron chi connectivity index (χ4n) is 6.98. The molecule has 3 rings (SSSR count). The highest BCUT2D eigenvalue weighted by Gasteiger charge is 2.52. The minimum atomic E-state index is -1.31. The predicted octanol–water partition coefficient (Wildman–Crippen LogP) is 3.53. The molecule has 7 N–H and O–H groups in total.